The van der Waals surface area contributed by atoms with Crippen LogP contribution < -0.4 is 4.74 Å². The summed E-state index contributed by atoms with van der Waals surface area (Å²) >= 11 is 5.45. The largest absolute Gasteiger partial charge is 0.466 e. The lowest BCUT2D eigenvalue weighted by molar-refractivity contribution is 0.0508. The standard InChI is InChI=1S/C9H7ClF2O3/c1-14-4-15-6-2-5(3-13)8(11)9(12)7(6)10/h2-3H,4H2,1H3. The number of hydrogen-bond acceptors (Lipinski definition) is 3. The van der Waals surface area contributed by atoms with Gasteiger partial charge in [0.2, 0.25) is 0 Å². The van der Waals surface area contributed by atoms with Crippen molar-refractivity contribution < 1.29 is 23.0 Å². The van der Waals surface area contributed by atoms with Gasteiger partial charge in [-0.15, -0.1) is 0 Å². The molecule has 6 heteroatoms. The van der Waals surface area contributed by atoms with Crippen molar-refractivity contribution >= 4 is 17.9 Å². The molecular formula is C9H7ClF2O3. The summed E-state index contributed by atoms with van der Waals surface area (Å²) in [4.78, 5) is 10.4. The fraction of sp³-hybridized carbons (Fsp3) is 0.222. The van der Waals surface area contributed by atoms with Crippen molar-refractivity contribution in [3.05, 3.63) is 28.3 Å². The Bertz CT molecular complexity index is 382. The van der Waals surface area contributed by atoms with E-state index in [0.717, 1.165) is 6.07 Å². The van der Waals surface area contributed by atoms with Crippen molar-refractivity contribution in [1.29, 1.82) is 0 Å². The first kappa shape index (κ1) is 11.9. The molecule has 1 rings (SSSR count). The molecule has 0 bridgehead atoms. The number of carbonyl (C=O) groups is 1. The van der Waals surface area contributed by atoms with Crippen LogP contribution in [0.25, 0.3) is 0 Å². The van der Waals surface area contributed by atoms with Gasteiger partial charge in [-0.25, -0.2) is 8.78 Å². The quantitative estimate of drug-likeness (QED) is 0.458. The summed E-state index contributed by atoms with van der Waals surface area (Å²) in [6, 6.07) is 1.01. The number of aldehydes is 1. The molecule has 0 aliphatic carbocycles. The molecule has 1 aromatic carbocycles. The van der Waals surface area contributed by atoms with Gasteiger partial charge < -0.3 is 9.47 Å². The first-order valence-corrected chi connectivity index (χ1v) is 4.24. The Labute approximate surface area is 89.5 Å². The summed E-state index contributed by atoms with van der Waals surface area (Å²) in [5, 5.41) is -0.518. The van der Waals surface area contributed by atoms with Gasteiger partial charge in [0.1, 0.15) is 10.8 Å². The number of hydrogen-bond donors (Lipinski definition) is 0. The molecule has 0 radical (unpaired) electrons. The second kappa shape index (κ2) is 5.04. The highest BCUT2D eigenvalue weighted by atomic mass is 35.5. The average molecular weight is 237 g/mol. The number of ether oxygens (including phenoxy) is 2. The van der Waals surface area contributed by atoms with Gasteiger partial charge in [0.25, 0.3) is 0 Å². The van der Waals surface area contributed by atoms with Crippen LogP contribution in [0, 0.1) is 11.6 Å². The average Bonchev–Trinajstić information content (AvgIpc) is 2.25. The normalized spacial score (nSPS) is 10.1. The molecule has 0 unspecified atom stereocenters. The smallest absolute Gasteiger partial charge is 0.188 e. The summed E-state index contributed by atoms with van der Waals surface area (Å²) < 4.78 is 35.5. The molecule has 0 spiro atoms. The van der Waals surface area contributed by atoms with Gasteiger partial charge in [-0.3, -0.25) is 4.79 Å². The Morgan fingerprint density at radius 1 is 1.47 bits per heavy atom. The summed E-state index contributed by atoms with van der Waals surface area (Å²) in [5.41, 5.74) is -0.456. The van der Waals surface area contributed by atoms with E-state index in [1.165, 1.54) is 7.11 Å². The lowest BCUT2D eigenvalue weighted by Crippen LogP contribution is -2.03. The second-order valence-corrected chi connectivity index (χ2v) is 2.95. The molecule has 0 amide bonds. The van der Waals surface area contributed by atoms with Crippen LogP contribution in [-0.2, 0) is 4.74 Å². The van der Waals surface area contributed by atoms with Gasteiger partial charge in [-0.1, -0.05) is 11.6 Å². The molecule has 0 aliphatic heterocycles. The van der Waals surface area contributed by atoms with Crippen LogP contribution in [-0.4, -0.2) is 20.2 Å². The van der Waals surface area contributed by atoms with E-state index in [1.807, 2.05) is 0 Å². The maximum absolute atomic E-state index is 13.1. The predicted molar refractivity (Wildman–Crippen MR) is 49.3 cm³/mol. The van der Waals surface area contributed by atoms with E-state index in [1.54, 1.807) is 0 Å². The molecule has 3 nitrogen and oxygen atoms in total. The molecule has 82 valence electrons. The molecule has 0 aliphatic rings. The number of benzene rings is 1. The van der Waals surface area contributed by atoms with E-state index < -0.39 is 22.2 Å². The molecule has 0 atom stereocenters. The van der Waals surface area contributed by atoms with Crippen LogP contribution in [0.1, 0.15) is 10.4 Å². The number of carbonyl (C=O) groups excluding carboxylic acids is 1. The lowest BCUT2D eigenvalue weighted by atomic mass is 10.2. The molecule has 0 saturated carbocycles. The lowest BCUT2D eigenvalue weighted by Gasteiger charge is -2.08. The topological polar surface area (TPSA) is 35.5 Å². The minimum Gasteiger partial charge on any atom is -0.466 e. The zero-order valence-corrected chi connectivity index (χ0v) is 8.48. The van der Waals surface area contributed by atoms with Crippen LogP contribution >= 0.6 is 11.6 Å². The van der Waals surface area contributed by atoms with Gasteiger partial charge in [-0.05, 0) is 6.07 Å². The zero-order chi connectivity index (χ0) is 11.4. The Morgan fingerprint density at radius 2 is 2.13 bits per heavy atom. The molecule has 0 fully saturated rings. The van der Waals surface area contributed by atoms with Gasteiger partial charge in [-0.2, -0.15) is 0 Å². The minimum absolute atomic E-state index is 0.139. The Morgan fingerprint density at radius 3 is 2.67 bits per heavy atom. The van der Waals surface area contributed by atoms with Crippen LogP contribution in [0.3, 0.4) is 0 Å². The van der Waals surface area contributed by atoms with E-state index in [4.69, 9.17) is 16.3 Å². The van der Waals surface area contributed by atoms with Crippen molar-refractivity contribution in [2.24, 2.45) is 0 Å². The zero-order valence-electron chi connectivity index (χ0n) is 7.72. The van der Waals surface area contributed by atoms with Gasteiger partial charge >= 0.3 is 0 Å². The summed E-state index contributed by atoms with van der Waals surface area (Å²) in [6.45, 7) is -0.177. The molecule has 0 heterocycles. The Balaban J connectivity index is 3.16. The second-order valence-electron chi connectivity index (χ2n) is 2.57. The molecule has 15 heavy (non-hydrogen) atoms. The molecule has 0 saturated heterocycles. The SMILES string of the molecule is COCOc1cc(C=O)c(F)c(F)c1Cl. The Hall–Kier alpha value is -1.20. The highest BCUT2D eigenvalue weighted by molar-refractivity contribution is 6.32. The third kappa shape index (κ3) is 2.43. The maximum Gasteiger partial charge on any atom is 0.188 e. The van der Waals surface area contributed by atoms with Crippen molar-refractivity contribution in [3.8, 4) is 5.75 Å². The maximum atomic E-state index is 13.1. The van der Waals surface area contributed by atoms with E-state index >= 15 is 0 Å². The van der Waals surface area contributed by atoms with Crippen molar-refractivity contribution in [3.63, 3.8) is 0 Å². The molecular weight excluding hydrogens is 230 g/mol. The van der Waals surface area contributed by atoms with Gasteiger partial charge in [0.05, 0.1) is 5.56 Å². The third-order valence-corrected chi connectivity index (χ3v) is 1.95. The highest BCUT2D eigenvalue weighted by Gasteiger charge is 2.17. The Kier molecular flexibility index (Phi) is 3.99. The predicted octanol–water partition coefficient (Wildman–Crippen LogP) is 2.41. The van der Waals surface area contributed by atoms with E-state index in [9.17, 15) is 13.6 Å². The number of methoxy groups -OCH3 is 1. The molecule has 0 aromatic heterocycles. The van der Waals surface area contributed by atoms with Crippen molar-refractivity contribution in [2.75, 3.05) is 13.9 Å². The fourth-order valence-electron chi connectivity index (χ4n) is 0.912. The van der Waals surface area contributed by atoms with E-state index in [0.29, 0.717) is 0 Å². The summed E-state index contributed by atoms with van der Waals surface area (Å²) in [6.07, 6.45) is 0.175. The summed E-state index contributed by atoms with van der Waals surface area (Å²) in [7, 11) is 1.36. The highest BCUT2D eigenvalue weighted by Crippen LogP contribution is 2.30. The van der Waals surface area contributed by atoms with Crippen molar-refractivity contribution in [1.82, 2.24) is 0 Å². The summed E-state index contributed by atoms with van der Waals surface area (Å²) in [5.74, 6) is -2.74. The van der Waals surface area contributed by atoms with Crippen LogP contribution in [0.4, 0.5) is 8.78 Å². The van der Waals surface area contributed by atoms with Gasteiger partial charge in [0, 0.05) is 7.11 Å². The number of rotatable bonds is 4. The molecule has 0 N–H and O–H groups in total. The first-order valence-electron chi connectivity index (χ1n) is 3.86. The van der Waals surface area contributed by atoms with E-state index in [-0.39, 0.29) is 18.8 Å². The van der Waals surface area contributed by atoms with E-state index in [2.05, 4.69) is 4.74 Å². The monoisotopic (exact) mass is 236 g/mol. The minimum atomic E-state index is -1.31. The van der Waals surface area contributed by atoms with Crippen LogP contribution in [0.15, 0.2) is 6.07 Å². The fourth-order valence-corrected chi connectivity index (χ4v) is 1.10. The first-order chi connectivity index (χ1) is 7.11. The number of halogens is 3. The van der Waals surface area contributed by atoms with Crippen LogP contribution in [0.2, 0.25) is 5.02 Å². The third-order valence-electron chi connectivity index (χ3n) is 1.60. The van der Waals surface area contributed by atoms with Gasteiger partial charge in [0.15, 0.2) is 24.7 Å². The van der Waals surface area contributed by atoms with Crippen molar-refractivity contribution in [2.45, 2.75) is 0 Å². The van der Waals surface area contributed by atoms with Crippen LogP contribution in [0.5, 0.6) is 5.75 Å². The molecule has 1 aromatic rings.